The normalized spacial score (nSPS) is 17.4. The van der Waals surface area contributed by atoms with Gasteiger partial charge >= 0.3 is 0 Å². The minimum atomic E-state index is -0.252. The fourth-order valence-electron chi connectivity index (χ4n) is 2.84. The van der Waals surface area contributed by atoms with Crippen LogP contribution in [0.4, 0.5) is 5.69 Å². The van der Waals surface area contributed by atoms with Crippen molar-refractivity contribution in [3.05, 3.63) is 59.9 Å². The molecule has 1 aliphatic rings. The van der Waals surface area contributed by atoms with Gasteiger partial charge in [0.2, 0.25) is 0 Å². The third-order valence-corrected chi connectivity index (χ3v) is 4.42. The van der Waals surface area contributed by atoms with Crippen LogP contribution in [0.1, 0.15) is 35.7 Å². The van der Waals surface area contributed by atoms with Gasteiger partial charge in [-0.05, 0) is 35.7 Å². The zero-order chi connectivity index (χ0) is 18.5. The Balaban J connectivity index is 1.61. The molecule has 6 heteroatoms. The average molecular weight is 353 g/mol. The quantitative estimate of drug-likeness (QED) is 0.896. The summed E-state index contributed by atoms with van der Waals surface area (Å²) in [4.78, 5) is 30.0. The lowest BCUT2D eigenvalue weighted by Gasteiger charge is -2.33. The third kappa shape index (κ3) is 4.26. The monoisotopic (exact) mass is 353 g/mol. The summed E-state index contributed by atoms with van der Waals surface area (Å²) in [6.45, 7) is 5.03. The number of aromatic nitrogens is 1. The summed E-state index contributed by atoms with van der Waals surface area (Å²) < 4.78 is 5.57. The van der Waals surface area contributed by atoms with E-state index >= 15 is 0 Å². The Morgan fingerprint density at radius 1 is 1.31 bits per heavy atom. The molecule has 1 aromatic heterocycles. The first kappa shape index (κ1) is 18.1. The number of rotatable bonds is 5. The molecule has 2 aromatic rings. The maximum atomic E-state index is 12.2. The highest BCUT2D eigenvalue weighted by Gasteiger charge is 2.27. The number of amides is 2. The van der Waals surface area contributed by atoms with Crippen LogP contribution < -0.4 is 10.2 Å². The number of carbonyl (C=O) groups is 2. The zero-order valence-electron chi connectivity index (χ0n) is 15.0. The molecule has 0 radical (unpaired) electrons. The summed E-state index contributed by atoms with van der Waals surface area (Å²) in [5, 5.41) is 2.84. The van der Waals surface area contributed by atoms with E-state index in [2.05, 4.69) is 24.1 Å². The van der Waals surface area contributed by atoms with Crippen molar-refractivity contribution in [2.24, 2.45) is 0 Å². The average Bonchev–Trinajstić information content (AvgIpc) is 2.68. The molecule has 0 bridgehead atoms. The molecule has 6 nitrogen and oxygen atoms in total. The van der Waals surface area contributed by atoms with Crippen molar-refractivity contribution in [1.82, 2.24) is 10.3 Å². The van der Waals surface area contributed by atoms with Crippen LogP contribution in [0.3, 0.4) is 0 Å². The molecule has 1 fully saturated rings. The number of benzene rings is 1. The predicted molar refractivity (Wildman–Crippen MR) is 99.2 cm³/mol. The van der Waals surface area contributed by atoms with Crippen LogP contribution in [0.25, 0.3) is 0 Å². The van der Waals surface area contributed by atoms with E-state index in [-0.39, 0.29) is 24.5 Å². The molecule has 2 heterocycles. The molecule has 1 N–H and O–H groups in total. The van der Waals surface area contributed by atoms with Gasteiger partial charge in [-0.25, -0.2) is 0 Å². The number of ether oxygens (including phenoxy) is 1. The minimum absolute atomic E-state index is 0.0133. The van der Waals surface area contributed by atoms with E-state index in [9.17, 15) is 9.59 Å². The van der Waals surface area contributed by atoms with Gasteiger partial charge in [0.15, 0.2) is 0 Å². The molecule has 1 saturated heterocycles. The van der Waals surface area contributed by atoms with Crippen LogP contribution in [-0.4, -0.2) is 42.6 Å². The molecule has 0 aliphatic carbocycles. The fourth-order valence-corrected chi connectivity index (χ4v) is 2.84. The Bertz CT molecular complexity index is 760. The molecule has 136 valence electrons. The van der Waals surface area contributed by atoms with Gasteiger partial charge in [0, 0.05) is 24.6 Å². The van der Waals surface area contributed by atoms with Gasteiger partial charge in [0.05, 0.1) is 18.2 Å². The van der Waals surface area contributed by atoms with E-state index in [0.717, 1.165) is 5.69 Å². The molecule has 0 saturated carbocycles. The van der Waals surface area contributed by atoms with Crippen molar-refractivity contribution in [2.45, 2.75) is 25.9 Å². The first-order valence-electron chi connectivity index (χ1n) is 8.74. The number of nitrogens with one attached hydrogen (secondary N) is 1. The molecule has 1 atom stereocenters. The van der Waals surface area contributed by atoms with Gasteiger partial charge in [0.25, 0.3) is 11.8 Å². The lowest BCUT2D eigenvalue weighted by atomic mass is 10.0. The summed E-state index contributed by atoms with van der Waals surface area (Å²) in [6.07, 6.45) is 2.89. The number of hydrogen-bond acceptors (Lipinski definition) is 4. The van der Waals surface area contributed by atoms with Crippen LogP contribution in [0.5, 0.6) is 0 Å². The highest BCUT2D eigenvalue weighted by molar-refractivity contribution is 5.95. The SMILES string of the molecule is CC(C)c1ccc(N2CC(CNC(=O)c3cccnc3)OCC2=O)cc1. The largest absolute Gasteiger partial charge is 0.365 e. The Morgan fingerprint density at radius 2 is 2.08 bits per heavy atom. The van der Waals surface area contributed by atoms with Crippen molar-refractivity contribution >= 4 is 17.5 Å². The van der Waals surface area contributed by atoms with Crippen LogP contribution in [0.15, 0.2) is 48.8 Å². The van der Waals surface area contributed by atoms with E-state index in [4.69, 9.17) is 4.74 Å². The predicted octanol–water partition coefficient (Wildman–Crippen LogP) is 2.37. The second kappa shape index (κ2) is 8.10. The first-order chi connectivity index (χ1) is 12.5. The summed E-state index contributed by atoms with van der Waals surface area (Å²) >= 11 is 0. The van der Waals surface area contributed by atoms with Crippen LogP contribution in [0, 0.1) is 0 Å². The van der Waals surface area contributed by atoms with Crippen molar-refractivity contribution in [3.8, 4) is 0 Å². The molecule has 1 aliphatic heterocycles. The van der Waals surface area contributed by atoms with Crippen LogP contribution in [-0.2, 0) is 9.53 Å². The second-order valence-corrected chi connectivity index (χ2v) is 6.64. The van der Waals surface area contributed by atoms with Crippen molar-refractivity contribution in [1.29, 1.82) is 0 Å². The van der Waals surface area contributed by atoms with E-state index in [1.54, 1.807) is 23.2 Å². The van der Waals surface area contributed by atoms with Gasteiger partial charge < -0.3 is 15.0 Å². The maximum absolute atomic E-state index is 12.2. The van der Waals surface area contributed by atoms with E-state index in [0.29, 0.717) is 24.6 Å². The molecule has 1 unspecified atom stereocenters. The van der Waals surface area contributed by atoms with Crippen molar-refractivity contribution in [3.63, 3.8) is 0 Å². The number of morpholine rings is 1. The summed E-state index contributed by atoms with van der Waals surface area (Å²) in [5.74, 6) is 0.170. The van der Waals surface area contributed by atoms with Gasteiger partial charge in [-0.15, -0.1) is 0 Å². The molecule has 2 amide bonds. The molecular formula is C20H23N3O3. The van der Waals surface area contributed by atoms with Crippen LogP contribution in [0.2, 0.25) is 0 Å². The molecular weight excluding hydrogens is 330 g/mol. The Kier molecular flexibility index (Phi) is 5.63. The van der Waals surface area contributed by atoms with E-state index in [1.807, 2.05) is 24.3 Å². The Hall–Kier alpha value is -2.73. The Labute approximate surface area is 153 Å². The fraction of sp³-hybridized carbons (Fsp3) is 0.350. The van der Waals surface area contributed by atoms with E-state index < -0.39 is 0 Å². The lowest BCUT2D eigenvalue weighted by molar-refractivity contribution is -0.129. The number of pyridine rings is 1. The minimum Gasteiger partial charge on any atom is -0.365 e. The van der Waals surface area contributed by atoms with Gasteiger partial charge in [-0.1, -0.05) is 26.0 Å². The summed E-state index contributed by atoms with van der Waals surface area (Å²) in [5.41, 5.74) is 2.58. The van der Waals surface area contributed by atoms with E-state index in [1.165, 1.54) is 11.8 Å². The highest BCUT2D eigenvalue weighted by Crippen LogP contribution is 2.22. The highest BCUT2D eigenvalue weighted by atomic mass is 16.5. The summed E-state index contributed by atoms with van der Waals surface area (Å²) in [6, 6.07) is 11.4. The topological polar surface area (TPSA) is 71.5 Å². The summed E-state index contributed by atoms with van der Waals surface area (Å²) in [7, 11) is 0. The number of nitrogens with zero attached hydrogens (tertiary/aromatic N) is 2. The zero-order valence-corrected chi connectivity index (χ0v) is 15.0. The lowest BCUT2D eigenvalue weighted by Crippen LogP contribution is -2.50. The smallest absolute Gasteiger partial charge is 0.253 e. The maximum Gasteiger partial charge on any atom is 0.253 e. The molecule has 26 heavy (non-hydrogen) atoms. The molecule has 3 rings (SSSR count). The van der Waals surface area contributed by atoms with Gasteiger partial charge in [-0.3, -0.25) is 14.6 Å². The van der Waals surface area contributed by atoms with Gasteiger partial charge in [-0.2, -0.15) is 0 Å². The second-order valence-electron chi connectivity index (χ2n) is 6.64. The van der Waals surface area contributed by atoms with Gasteiger partial charge in [0.1, 0.15) is 6.61 Å². The van der Waals surface area contributed by atoms with Crippen molar-refractivity contribution < 1.29 is 14.3 Å². The molecule has 1 aromatic carbocycles. The molecule has 0 spiro atoms. The number of carbonyl (C=O) groups excluding carboxylic acids is 2. The van der Waals surface area contributed by atoms with Crippen LogP contribution >= 0.6 is 0 Å². The standard InChI is InChI=1S/C20H23N3O3/c1-14(2)15-5-7-17(8-6-15)23-12-18(26-13-19(23)24)11-22-20(25)16-4-3-9-21-10-16/h3-10,14,18H,11-13H2,1-2H3,(H,22,25). The third-order valence-electron chi connectivity index (χ3n) is 4.42. The van der Waals surface area contributed by atoms with Crippen molar-refractivity contribution in [2.75, 3.05) is 24.6 Å². The first-order valence-corrected chi connectivity index (χ1v) is 8.74. The number of anilines is 1. The Morgan fingerprint density at radius 3 is 2.73 bits per heavy atom. The number of hydrogen-bond donors (Lipinski definition) is 1.